The summed E-state index contributed by atoms with van der Waals surface area (Å²) in [5.74, 6) is -3.27. The summed E-state index contributed by atoms with van der Waals surface area (Å²) in [5, 5.41) is 15.9. The molecule has 198 valence electrons. The normalized spacial score (nSPS) is 36.6. The molecule has 1 aliphatic heterocycles. The average molecular weight is 529 g/mol. The fourth-order valence-corrected chi connectivity index (χ4v) is 6.94. The molecular formula is C26H32ClF3N2O4. The first kappa shape index (κ1) is 25.8. The van der Waals surface area contributed by atoms with Crippen LogP contribution in [0.25, 0.3) is 0 Å². The predicted molar refractivity (Wildman–Crippen MR) is 126 cm³/mol. The number of hydrogen-bond donors (Lipinski definition) is 3. The Morgan fingerprint density at radius 1 is 1.11 bits per heavy atom. The Bertz CT molecular complexity index is 1030. The van der Waals surface area contributed by atoms with E-state index in [1.807, 2.05) is 0 Å². The van der Waals surface area contributed by atoms with Crippen molar-refractivity contribution in [1.29, 1.82) is 0 Å². The highest BCUT2D eigenvalue weighted by Crippen LogP contribution is 2.63. The average Bonchev–Trinajstić information content (AvgIpc) is 3.52. The largest absolute Gasteiger partial charge is 0.391 e. The first-order valence-corrected chi connectivity index (χ1v) is 13.2. The van der Waals surface area contributed by atoms with Gasteiger partial charge in [-0.3, -0.25) is 9.59 Å². The molecule has 0 spiro atoms. The van der Waals surface area contributed by atoms with E-state index in [2.05, 4.69) is 10.6 Å². The smallest absolute Gasteiger partial charge is 0.249 e. The third kappa shape index (κ3) is 4.74. The fraction of sp³-hybridized carbons (Fsp3) is 0.692. The molecule has 2 bridgehead atoms. The Kier molecular flexibility index (Phi) is 7.02. The van der Waals surface area contributed by atoms with Crippen LogP contribution >= 0.6 is 11.6 Å². The van der Waals surface area contributed by atoms with E-state index in [4.69, 9.17) is 16.3 Å². The number of carbonyl (C=O) groups is 2. The van der Waals surface area contributed by atoms with Crippen LogP contribution in [-0.2, 0) is 14.3 Å². The highest BCUT2D eigenvalue weighted by atomic mass is 35.5. The van der Waals surface area contributed by atoms with Crippen molar-refractivity contribution in [3.63, 3.8) is 0 Å². The lowest BCUT2D eigenvalue weighted by Crippen LogP contribution is -2.46. The van der Waals surface area contributed by atoms with Gasteiger partial charge in [0.2, 0.25) is 11.8 Å². The summed E-state index contributed by atoms with van der Waals surface area (Å²) < 4.78 is 50.7. The molecule has 2 amide bonds. The lowest BCUT2D eigenvalue weighted by molar-refractivity contribution is -0.137. The van der Waals surface area contributed by atoms with Crippen LogP contribution in [0.1, 0.15) is 75.8 Å². The highest BCUT2D eigenvalue weighted by molar-refractivity contribution is 6.30. The van der Waals surface area contributed by atoms with E-state index in [0.29, 0.717) is 25.9 Å². The Morgan fingerprint density at radius 2 is 1.86 bits per heavy atom. The Balaban J connectivity index is 1.33. The SMILES string of the molecule is O=C(N[C@H](c1c(F)ccc(Cl)c1F)C12CCC(F)(CC1)C2)[C@H]1C[C@@H](O)[C@@H](NC(=O)[C@@H]2CCCCO2)C1. The van der Waals surface area contributed by atoms with Crippen LogP contribution < -0.4 is 10.6 Å². The number of rotatable bonds is 6. The van der Waals surface area contributed by atoms with Crippen LogP contribution in [0.4, 0.5) is 13.2 Å². The Labute approximate surface area is 213 Å². The van der Waals surface area contributed by atoms with E-state index in [9.17, 15) is 19.1 Å². The van der Waals surface area contributed by atoms with Gasteiger partial charge < -0.3 is 20.5 Å². The summed E-state index contributed by atoms with van der Waals surface area (Å²) in [5.41, 5.74) is -2.56. The number of aliphatic hydroxyl groups is 1. The number of hydrogen-bond acceptors (Lipinski definition) is 4. The molecule has 4 aliphatic rings. The van der Waals surface area contributed by atoms with Crippen molar-refractivity contribution in [2.45, 2.75) is 94.2 Å². The minimum Gasteiger partial charge on any atom is -0.391 e. The second-order valence-electron chi connectivity index (χ2n) is 11.1. The number of halogens is 4. The first-order valence-electron chi connectivity index (χ1n) is 12.8. The maximum atomic E-state index is 15.1. The maximum absolute atomic E-state index is 15.1. The second-order valence-corrected chi connectivity index (χ2v) is 11.5. The van der Waals surface area contributed by atoms with E-state index >= 15 is 8.78 Å². The lowest BCUT2D eigenvalue weighted by Gasteiger charge is -2.37. The van der Waals surface area contributed by atoms with Crippen molar-refractivity contribution < 1.29 is 32.6 Å². The second kappa shape index (κ2) is 9.80. The molecule has 1 aromatic carbocycles. The van der Waals surface area contributed by atoms with E-state index in [1.165, 1.54) is 0 Å². The molecule has 1 saturated heterocycles. The summed E-state index contributed by atoms with van der Waals surface area (Å²) in [6.45, 7) is 0.510. The van der Waals surface area contributed by atoms with Gasteiger partial charge in [-0.2, -0.15) is 0 Å². The van der Waals surface area contributed by atoms with Crippen molar-refractivity contribution in [1.82, 2.24) is 10.6 Å². The molecule has 1 aromatic rings. The number of benzene rings is 1. The number of aliphatic hydroxyl groups excluding tert-OH is 1. The quantitative estimate of drug-likeness (QED) is 0.481. The van der Waals surface area contributed by atoms with Gasteiger partial charge in [0.25, 0.3) is 0 Å². The Hall–Kier alpha value is -1.84. The molecule has 5 rings (SSSR count). The minimum absolute atomic E-state index is 0.0928. The highest BCUT2D eigenvalue weighted by Gasteiger charge is 2.59. The van der Waals surface area contributed by atoms with Crippen LogP contribution in [-0.4, -0.2) is 47.4 Å². The van der Waals surface area contributed by atoms with Crippen molar-refractivity contribution in [3.8, 4) is 0 Å². The van der Waals surface area contributed by atoms with Crippen LogP contribution in [0.5, 0.6) is 0 Å². The summed E-state index contributed by atoms with van der Waals surface area (Å²) in [4.78, 5) is 25.9. The summed E-state index contributed by atoms with van der Waals surface area (Å²) in [6.07, 6.45) is 2.62. The number of amides is 2. The number of ether oxygens (including phenoxy) is 1. The summed E-state index contributed by atoms with van der Waals surface area (Å²) >= 11 is 5.97. The summed E-state index contributed by atoms with van der Waals surface area (Å²) in [6, 6.07) is 0.448. The van der Waals surface area contributed by atoms with E-state index < -0.39 is 58.8 Å². The molecule has 0 unspecified atom stereocenters. The van der Waals surface area contributed by atoms with Crippen molar-refractivity contribution in [2.75, 3.05) is 6.61 Å². The number of fused-ring (bicyclic) bond motifs is 2. The molecule has 10 heteroatoms. The van der Waals surface area contributed by atoms with Crippen LogP contribution in [0.3, 0.4) is 0 Å². The lowest BCUT2D eigenvalue weighted by atomic mass is 9.74. The third-order valence-electron chi connectivity index (χ3n) is 8.78. The van der Waals surface area contributed by atoms with Gasteiger partial charge in [-0.05, 0) is 81.8 Å². The molecule has 5 atom stereocenters. The number of carbonyl (C=O) groups excluding carboxylic acids is 2. The molecule has 1 heterocycles. The molecule has 6 nitrogen and oxygen atoms in total. The van der Waals surface area contributed by atoms with Gasteiger partial charge in [-0.15, -0.1) is 0 Å². The van der Waals surface area contributed by atoms with Gasteiger partial charge in [0.05, 0.1) is 23.2 Å². The van der Waals surface area contributed by atoms with E-state index in [0.717, 1.165) is 25.0 Å². The molecule has 0 radical (unpaired) electrons. The van der Waals surface area contributed by atoms with Gasteiger partial charge in [-0.1, -0.05) is 11.6 Å². The van der Waals surface area contributed by atoms with E-state index in [1.54, 1.807) is 0 Å². The molecule has 36 heavy (non-hydrogen) atoms. The van der Waals surface area contributed by atoms with E-state index in [-0.39, 0.29) is 48.6 Å². The van der Waals surface area contributed by atoms with Crippen LogP contribution in [0.2, 0.25) is 5.02 Å². The number of nitrogens with one attached hydrogen (secondary N) is 2. The zero-order valence-electron chi connectivity index (χ0n) is 20.0. The standard InChI is InChI=1S/C26H32ClF3N2O4/c27-15-4-5-16(28)20(21(15)29)22(25-6-8-26(30,13-25)9-7-25)32-23(34)14-11-17(18(33)12-14)31-24(35)19-3-1-2-10-36-19/h4-5,14,17-19,22,33H,1-3,6-13H2,(H,31,35)(H,32,34)/t14-,17+,18-,19+,22-,25?,26?/m1/s1. The van der Waals surface area contributed by atoms with Crippen molar-refractivity contribution in [2.24, 2.45) is 11.3 Å². The van der Waals surface area contributed by atoms with Crippen LogP contribution in [0, 0.1) is 23.0 Å². The molecule has 3 N–H and O–H groups in total. The zero-order valence-corrected chi connectivity index (χ0v) is 20.8. The van der Waals surface area contributed by atoms with Crippen molar-refractivity contribution in [3.05, 3.63) is 34.4 Å². The van der Waals surface area contributed by atoms with Gasteiger partial charge in [-0.25, -0.2) is 13.2 Å². The van der Waals surface area contributed by atoms with Gasteiger partial charge in [0.1, 0.15) is 23.4 Å². The zero-order chi connectivity index (χ0) is 25.7. The minimum atomic E-state index is -1.39. The molecular weight excluding hydrogens is 497 g/mol. The van der Waals surface area contributed by atoms with Crippen LogP contribution in [0.15, 0.2) is 12.1 Å². The third-order valence-corrected chi connectivity index (χ3v) is 9.07. The van der Waals surface area contributed by atoms with Gasteiger partial charge in [0, 0.05) is 18.1 Å². The predicted octanol–water partition coefficient (Wildman–Crippen LogP) is 4.27. The van der Waals surface area contributed by atoms with Crippen molar-refractivity contribution >= 4 is 23.4 Å². The molecule has 4 fully saturated rings. The monoisotopic (exact) mass is 528 g/mol. The Morgan fingerprint density at radius 3 is 2.50 bits per heavy atom. The summed E-state index contributed by atoms with van der Waals surface area (Å²) in [7, 11) is 0. The fourth-order valence-electron chi connectivity index (χ4n) is 6.78. The maximum Gasteiger partial charge on any atom is 0.249 e. The number of alkyl halides is 1. The molecule has 3 saturated carbocycles. The topological polar surface area (TPSA) is 87.7 Å². The van der Waals surface area contributed by atoms with Gasteiger partial charge >= 0.3 is 0 Å². The first-order chi connectivity index (χ1) is 17.1. The molecule has 0 aromatic heterocycles. The van der Waals surface area contributed by atoms with Gasteiger partial charge in [0.15, 0.2) is 0 Å². The molecule has 3 aliphatic carbocycles.